The minimum Gasteiger partial charge on any atom is -0.327 e. The Balaban J connectivity index is 0.00000176. The van der Waals surface area contributed by atoms with Crippen LogP contribution in [0.4, 0.5) is 0 Å². The number of fused-ring (bicyclic) bond motifs is 1. The summed E-state index contributed by atoms with van der Waals surface area (Å²) in [6.45, 7) is 1.14. The van der Waals surface area contributed by atoms with E-state index >= 15 is 0 Å². The third-order valence-electron chi connectivity index (χ3n) is 4.54. The van der Waals surface area contributed by atoms with Gasteiger partial charge < -0.3 is 5.73 Å². The zero-order chi connectivity index (χ0) is 15.2. The number of nitrogens with zero attached hydrogens (tertiary/aromatic N) is 1. The van der Waals surface area contributed by atoms with Crippen LogP contribution in [0.15, 0.2) is 18.2 Å². The Morgan fingerprint density at radius 3 is 2.36 bits per heavy atom. The average molecular weight is 386 g/mol. The highest BCUT2D eigenvalue weighted by Crippen LogP contribution is 2.38. The van der Waals surface area contributed by atoms with Gasteiger partial charge in [0.2, 0.25) is 10.0 Å². The zero-order valence-corrected chi connectivity index (χ0v) is 15.1. The molecule has 1 saturated carbocycles. The Morgan fingerprint density at radius 2 is 1.77 bits per heavy atom. The maximum Gasteiger partial charge on any atom is 0.218 e. The van der Waals surface area contributed by atoms with E-state index in [9.17, 15) is 8.42 Å². The molecule has 2 aliphatic rings. The van der Waals surface area contributed by atoms with Crippen molar-refractivity contribution in [1.82, 2.24) is 4.31 Å². The normalized spacial score (nSPS) is 28.4. The van der Waals surface area contributed by atoms with Gasteiger partial charge >= 0.3 is 0 Å². The number of benzene rings is 1. The van der Waals surface area contributed by atoms with Gasteiger partial charge in [0.05, 0.1) is 5.75 Å². The molecule has 1 aliphatic carbocycles. The number of rotatable bonds is 3. The molecular formula is C14H19Cl3N2O2S. The lowest BCUT2D eigenvalue weighted by molar-refractivity contribution is 0.426. The Kier molecular flexibility index (Phi) is 5.68. The SMILES string of the molecule is Cl.NC1CCC2CN(S(=O)(=O)Cc3cc(Cl)cc(Cl)c3)CC12. The second kappa shape index (κ2) is 6.83. The number of hydrogen-bond acceptors (Lipinski definition) is 3. The van der Waals surface area contributed by atoms with Crippen LogP contribution in [0, 0.1) is 11.8 Å². The van der Waals surface area contributed by atoms with Crippen molar-refractivity contribution in [2.75, 3.05) is 13.1 Å². The summed E-state index contributed by atoms with van der Waals surface area (Å²) in [5.74, 6) is 0.655. The van der Waals surface area contributed by atoms with Crippen molar-refractivity contribution in [3.8, 4) is 0 Å². The quantitative estimate of drug-likeness (QED) is 0.870. The van der Waals surface area contributed by atoms with Crippen LogP contribution in [0.3, 0.4) is 0 Å². The molecule has 0 spiro atoms. The zero-order valence-electron chi connectivity index (χ0n) is 11.9. The first-order valence-electron chi connectivity index (χ1n) is 7.03. The fourth-order valence-corrected chi connectivity index (χ4v) is 5.65. The Morgan fingerprint density at radius 1 is 1.14 bits per heavy atom. The van der Waals surface area contributed by atoms with Crippen molar-refractivity contribution in [2.45, 2.75) is 24.6 Å². The average Bonchev–Trinajstić information content (AvgIpc) is 2.90. The molecule has 0 bridgehead atoms. The molecule has 124 valence electrons. The summed E-state index contributed by atoms with van der Waals surface area (Å²) in [4.78, 5) is 0. The summed E-state index contributed by atoms with van der Waals surface area (Å²) in [7, 11) is -3.35. The van der Waals surface area contributed by atoms with E-state index in [2.05, 4.69) is 0 Å². The second-order valence-corrected chi connectivity index (χ2v) is 8.86. The minimum atomic E-state index is -3.35. The second-order valence-electron chi connectivity index (χ2n) is 6.02. The van der Waals surface area contributed by atoms with Crippen LogP contribution in [0.25, 0.3) is 0 Å². The lowest BCUT2D eigenvalue weighted by Crippen LogP contribution is -2.34. The van der Waals surface area contributed by atoms with E-state index in [0.29, 0.717) is 40.5 Å². The topological polar surface area (TPSA) is 63.4 Å². The number of halogens is 3. The molecule has 1 aliphatic heterocycles. The van der Waals surface area contributed by atoms with Crippen molar-refractivity contribution < 1.29 is 8.42 Å². The highest BCUT2D eigenvalue weighted by atomic mass is 35.5. The molecule has 4 nitrogen and oxygen atoms in total. The fourth-order valence-electron chi connectivity index (χ4n) is 3.49. The summed E-state index contributed by atoms with van der Waals surface area (Å²) in [5.41, 5.74) is 6.68. The van der Waals surface area contributed by atoms with Crippen LogP contribution in [-0.2, 0) is 15.8 Å². The molecule has 0 aromatic heterocycles. The lowest BCUT2D eigenvalue weighted by atomic mass is 9.98. The van der Waals surface area contributed by atoms with E-state index in [1.54, 1.807) is 22.5 Å². The van der Waals surface area contributed by atoms with Gasteiger partial charge in [-0.15, -0.1) is 12.4 Å². The lowest BCUT2D eigenvalue weighted by Gasteiger charge is -2.18. The van der Waals surface area contributed by atoms with E-state index in [0.717, 1.165) is 12.8 Å². The van der Waals surface area contributed by atoms with Gasteiger partial charge in [0.1, 0.15) is 0 Å². The largest absolute Gasteiger partial charge is 0.327 e. The fraction of sp³-hybridized carbons (Fsp3) is 0.571. The van der Waals surface area contributed by atoms with Gasteiger partial charge in [0, 0.05) is 29.2 Å². The maximum atomic E-state index is 12.6. The van der Waals surface area contributed by atoms with Crippen LogP contribution < -0.4 is 5.73 Å². The van der Waals surface area contributed by atoms with Crippen molar-refractivity contribution in [1.29, 1.82) is 0 Å². The highest BCUT2D eigenvalue weighted by Gasteiger charge is 2.44. The van der Waals surface area contributed by atoms with Crippen LogP contribution in [0.2, 0.25) is 10.0 Å². The summed E-state index contributed by atoms with van der Waals surface area (Å²) in [6, 6.07) is 5.02. The molecule has 1 saturated heterocycles. The molecule has 1 aromatic rings. The van der Waals surface area contributed by atoms with Gasteiger partial charge in [0.25, 0.3) is 0 Å². The van der Waals surface area contributed by atoms with E-state index in [-0.39, 0.29) is 24.2 Å². The Bertz CT molecular complexity index is 633. The van der Waals surface area contributed by atoms with Gasteiger partial charge in [-0.2, -0.15) is 0 Å². The predicted octanol–water partition coefficient (Wildman–Crippen LogP) is 2.91. The molecular weight excluding hydrogens is 367 g/mol. The number of nitrogens with two attached hydrogens (primary N) is 1. The summed E-state index contributed by atoms with van der Waals surface area (Å²) >= 11 is 11.9. The minimum absolute atomic E-state index is 0. The van der Waals surface area contributed by atoms with Crippen molar-refractivity contribution in [3.63, 3.8) is 0 Å². The molecule has 0 amide bonds. The summed E-state index contributed by atoms with van der Waals surface area (Å²) in [5, 5.41) is 0.904. The third kappa shape index (κ3) is 3.71. The molecule has 3 atom stereocenters. The summed E-state index contributed by atoms with van der Waals surface area (Å²) in [6.07, 6.45) is 2.04. The van der Waals surface area contributed by atoms with Crippen LogP contribution in [0.5, 0.6) is 0 Å². The van der Waals surface area contributed by atoms with Gasteiger partial charge in [-0.25, -0.2) is 12.7 Å². The van der Waals surface area contributed by atoms with Crippen LogP contribution in [0.1, 0.15) is 18.4 Å². The molecule has 8 heteroatoms. The Hall–Kier alpha value is -0.0400. The number of hydrogen-bond donors (Lipinski definition) is 1. The van der Waals surface area contributed by atoms with Crippen molar-refractivity contribution in [3.05, 3.63) is 33.8 Å². The third-order valence-corrected chi connectivity index (χ3v) is 6.76. The molecule has 1 aromatic carbocycles. The summed E-state index contributed by atoms with van der Waals surface area (Å²) < 4.78 is 26.7. The molecule has 22 heavy (non-hydrogen) atoms. The van der Waals surface area contributed by atoms with Crippen molar-refractivity contribution >= 4 is 45.6 Å². The molecule has 3 rings (SSSR count). The van der Waals surface area contributed by atoms with Gasteiger partial charge in [0.15, 0.2) is 0 Å². The molecule has 2 fully saturated rings. The highest BCUT2D eigenvalue weighted by molar-refractivity contribution is 7.88. The first-order valence-corrected chi connectivity index (χ1v) is 9.40. The number of sulfonamides is 1. The van der Waals surface area contributed by atoms with Gasteiger partial charge in [-0.05, 0) is 48.4 Å². The standard InChI is InChI=1S/C14H18Cl2N2O2S.ClH/c15-11-3-9(4-12(16)5-11)8-21(19,20)18-6-10-1-2-14(17)13(10)7-18;/h3-5,10,13-14H,1-2,6-8,17H2;1H. The maximum absolute atomic E-state index is 12.6. The Labute approximate surface area is 147 Å². The van der Waals surface area contributed by atoms with E-state index < -0.39 is 10.0 Å². The van der Waals surface area contributed by atoms with Gasteiger partial charge in [-0.1, -0.05) is 23.2 Å². The van der Waals surface area contributed by atoms with Crippen molar-refractivity contribution in [2.24, 2.45) is 17.6 Å². The smallest absolute Gasteiger partial charge is 0.218 e. The molecule has 3 unspecified atom stereocenters. The van der Waals surface area contributed by atoms with Gasteiger partial charge in [-0.3, -0.25) is 0 Å². The van der Waals surface area contributed by atoms with E-state index in [1.165, 1.54) is 0 Å². The first kappa shape index (κ1) is 18.3. The van der Waals surface area contributed by atoms with E-state index in [1.807, 2.05) is 0 Å². The predicted molar refractivity (Wildman–Crippen MR) is 92.1 cm³/mol. The molecule has 0 radical (unpaired) electrons. The van der Waals surface area contributed by atoms with E-state index in [4.69, 9.17) is 28.9 Å². The molecule has 1 heterocycles. The van der Waals surface area contributed by atoms with Crippen LogP contribution in [-0.4, -0.2) is 31.9 Å². The molecule has 2 N–H and O–H groups in total. The monoisotopic (exact) mass is 384 g/mol. The first-order chi connectivity index (χ1) is 9.85. The van der Waals surface area contributed by atoms with Crippen LogP contribution >= 0.6 is 35.6 Å².